The lowest BCUT2D eigenvalue weighted by Crippen LogP contribution is -2.30. The number of aliphatic hydroxyl groups is 1. The lowest BCUT2D eigenvalue weighted by atomic mass is 10.0. The van der Waals surface area contributed by atoms with E-state index < -0.39 is 97.5 Å². The number of carbonyl (C=O) groups excluding carboxylic acids is 4. The van der Waals surface area contributed by atoms with Crippen LogP contribution in [0.15, 0.2) is 0 Å². The van der Waals surface area contributed by atoms with Crippen molar-refractivity contribution in [3.63, 3.8) is 0 Å². The number of esters is 4. The van der Waals surface area contributed by atoms with E-state index >= 15 is 0 Å². The van der Waals surface area contributed by atoms with Gasteiger partial charge in [-0.3, -0.25) is 37.3 Å². The molecule has 0 aliphatic rings. The zero-order valence-electron chi connectivity index (χ0n) is 67.5. The van der Waals surface area contributed by atoms with Crippen LogP contribution < -0.4 is 0 Å². The average Bonchev–Trinajstić information content (AvgIpc) is 0.928. The molecule has 3 N–H and O–H groups in total. The molecule has 0 spiro atoms. The third-order valence-corrected chi connectivity index (χ3v) is 21.7. The molecule has 0 rings (SSSR count). The highest BCUT2D eigenvalue weighted by Gasteiger charge is 2.30. The van der Waals surface area contributed by atoms with Gasteiger partial charge in [0.15, 0.2) is 12.2 Å². The lowest BCUT2D eigenvalue weighted by Gasteiger charge is -2.21. The minimum absolute atomic E-state index is 0.109. The van der Waals surface area contributed by atoms with E-state index in [4.69, 9.17) is 37.0 Å². The molecule has 0 aliphatic heterocycles. The van der Waals surface area contributed by atoms with Gasteiger partial charge in [-0.1, -0.05) is 401 Å². The summed E-state index contributed by atoms with van der Waals surface area (Å²) in [4.78, 5) is 73.1. The molecule has 612 valence electrons. The second kappa shape index (κ2) is 76.8. The standard InChI is InChI=1S/C84H164O17P2/c1-6-9-12-15-18-21-23-25-27-28-29-30-31-37-41-45-50-55-60-65-70-84(89)101-80(74-95-82(87)68-63-58-53-48-43-39-36-33-32-35-38-42-47-51-56-61-66-77(4)5)76-99-103(92,93)97-72-78(85)71-96-102(90,91)98-75-79(73-94-81(86)67-62-57-52-46-20-17-14-11-8-3)100-83(88)69-64-59-54-49-44-40-34-26-24-22-19-16-13-10-7-2/h77-80,85H,6-76H2,1-5H3,(H,90,91)(H,92,93)/t78-,79+,80+/m0/s1. The van der Waals surface area contributed by atoms with Gasteiger partial charge < -0.3 is 33.8 Å². The molecule has 0 bridgehead atoms. The van der Waals surface area contributed by atoms with Crippen molar-refractivity contribution in [3.8, 4) is 0 Å². The number of rotatable bonds is 84. The number of hydrogen-bond donors (Lipinski definition) is 3. The zero-order chi connectivity index (χ0) is 75.5. The lowest BCUT2D eigenvalue weighted by molar-refractivity contribution is -0.161. The van der Waals surface area contributed by atoms with Gasteiger partial charge in [0, 0.05) is 25.7 Å². The molecule has 0 aromatic heterocycles. The molecular formula is C84H164O17P2. The van der Waals surface area contributed by atoms with Crippen molar-refractivity contribution in [1.29, 1.82) is 0 Å². The summed E-state index contributed by atoms with van der Waals surface area (Å²) in [6, 6.07) is 0. The van der Waals surface area contributed by atoms with E-state index in [0.717, 1.165) is 95.8 Å². The van der Waals surface area contributed by atoms with Crippen molar-refractivity contribution >= 4 is 39.5 Å². The fourth-order valence-electron chi connectivity index (χ4n) is 13.1. The van der Waals surface area contributed by atoms with E-state index in [0.29, 0.717) is 25.7 Å². The van der Waals surface area contributed by atoms with Crippen LogP contribution in [0.2, 0.25) is 0 Å². The monoisotopic (exact) mass is 1510 g/mol. The maximum absolute atomic E-state index is 13.1. The van der Waals surface area contributed by atoms with Gasteiger partial charge in [-0.05, 0) is 31.6 Å². The van der Waals surface area contributed by atoms with Crippen LogP contribution in [-0.2, 0) is 65.4 Å². The highest BCUT2D eigenvalue weighted by Crippen LogP contribution is 2.45. The van der Waals surface area contributed by atoms with Crippen LogP contribution in [0.3, 0.4) is 0 Å². The first-order valence-electron chi connectivity index (χ1n) is 43.6. The number of unbranched alkanes of at least 4 members (excludes halogenated alkanes) is 56. The van der Waals surface area contributed by atoms with Crippen LogP contribution in [0.25, 0.3) is 0 Å². The molecule has 0 amide bonds. The maximum Gasteiger partial charge on any atom is 0.472 e. The fraction of sp³-hybridized carbons (Fsp3) is 0.952. The number of aliphatic hydroxyl groups excluding tert-OH is 1. The fourth-order valence-corrected chi connectivity index (χ4v) is 14.7. The third-order valence-electron chi connectivity index (χ3n) is 19.8. The van der Waals surface area contributed by atoms with Gasteiger partial charge in [0.1, 0.15) is 19.3 Å². The van der Waals surface area contributed by atoms with Crippen LogP contribution in [0, 0.1) is 5.92 Å². The van der Waals surface area contributed by atoms with Crippen molar-refractivity contribution in [2.24, 2.45) is 5.92 Å². The van der Waals surface area contributed by atoms with E-state index in [2.05, 4.69) is 34.6 Å². The van der Waals surface area contributed by atoms with Crippen LogP contribution in [-0.4, -0.2) is 96.7 Å². The molecule has 0 aromatic carbocycles. The van der Waals surface area contributed by atoms with Crippen molar-refractivity contribution < 1.29 is 80.2 Å². The van der Waals surface area contributed by atoms with Gasteiger partial charge >= 0.3 is 39.5 Å². The summed E-state index contributed by atoms with van der Waals surface area (Å²) >= 11 is 0. The van der Waals surface area contributed by atoms with E-state index in [1.54, 1.807) is 0 Å². The highest BCUT2D eigenvalue weighted by molar-refractivity contribution is 7.47. The molecule has 0 aromatic rings. The maximum atomic E-state index is 13.1. The quantitative estimate of drug-likeness (QED) is 0.0222. The number of hydrogen-bond acceptors (Lipinski definition) is 15. The van der Waals surface area contributed by atoms with Gasteiger partial charge in [0.2, 0.25) is 0 Å². The average molecular weight is 1510 g/mol. The summed E-state index contributed by atoms with van der Waals surface area (Å²) in [5, 5.41) is 10.7. The molecule has 0 fully saturated rings. The van der Waals surface area contributed by atoms with E-state index in [1.165, 1.54) is 276 Å². The first-order valence-corrected chi connectivity index (χ1v) is 46.6. The highest BCUT2D eigenvalue weighted by atomic mass is 31.2. The molecule has 2 unspecified atom stereocenters. The Balaban J connectivity index is 5.21. The van der Waals surface area contributed by atoms with Crippen molar-refractivity contribution in [2.75, 3.05) is 39.6 Å². The van der Waals surface area contributed by atoms with Gasteiger partial charge in [0.25, 0.3) is 0 Å². The molecule has 0 heterocycles. The molecule has 19 heteroatoms. The second-order valence-electron chi connectivity index (χ2n) is 30.7. The molecular weight excluding hydrogens is 1340 g/mol. The summed E-state index contributed by atoms with van der Waals surface area (Å²) in [6.45, 7) is 7.37. The Morgan fingerprint density at radius 2 is 0.447 bits per heavy atom. The Hall–Kier alpha value is -1.94. The molecule has 5 atom stereocenters. The summed E-state index contributed by atoms with van der Waals surface area (Å²) in [6.07, 6.45) is 69.4. The molecule has 0 saturated carbocycles. The van der Waals surface area contributed by atoms with Gasteiger partial charge in [-0.2, -0.15) is 0 Å². The smallest absolute Gasteiger partial charge is 0.462 e. The zero-order valence-corrected chi connectivity index (χ0v) is 69.3. The van der Waals surface area contributed by atoms with Crippen molar-refractivity contribution in [1.82, 2.24) is 0 Å². The predicted octanol–water partition coefficient (Wildman–Crippen LogP) is 25.6. The van der Waals surface area contributed by atoms with Crippen LogP contribution in [0.5, 0.6) is 0 Å². The number of phosphoric ester groups is 2. The summed E-state index contributed by atoms with van der Waals surface area (Å²) in [7, 11) is -9.92. The number of carbonyl (C=O) groups is 4. The molecule has 0 radical (unpaired) electrons. The Bertz CT molecular complexity index is 1960. The number of ether oxygens (including phenoxy) is 4. The van der Waals surface area contributed by atoms with E-state index in [9.17, 15) is 43.2 Å². The van der Waals surface area contributed by atoms with Crippen LogP contribution >= 0.6 is 15.6 Å². The molecule has 0 saturated heterocycles. The van der Waals surface area contributed by atoms with Crippen LogP contribution in [0.1, 0.15) is 452 Å². The molecule has 0 aliphatic carbocycles. The van der Waals surface area contributed by atoms with Gasteiger partial charge in [-0.15, -0.1) is 0 Å². The minimum Gasteiger partial charge on any atom is -0.462 e. The third kappa shape index (κ3) is 78.0. The Kier molecular flexibility index (Phi) is 75.4. The van der Waals surface area contributed by atoms with Crippen molar-refractivity contribution in [2.45, 2.75) is 470 Å². The van der Waals surface area contributed by atoms with Gasteiger partial charge in [0.05, 0.1) is 26.4 Å². The summed E-state index contributed by atoms with van der Waals surface area (Å²) in [5.74, 6) is -1.29. The van der Waals surface area contributed by atoms with Gasteiger partial charge in [-0.25, -0.2) is 9.13 Å². The number of phosphoric acid groups is 2. The molecule has 103 heavy (non-hydrogen) atoms. The first-order chi connectivity index (χ1) is 50.0. The summed E-state index contributed by atoms with van der Waals surface area (Å²) < 4.78 is 68.8. The Morgan fingerprint density at radius 1 is 0.262 bits per heavy atom. The normalized spacial score (nSPS) is 13.8. The van der Waals surface area contributed by atoms with E-state index in [-0.39, 0.29) is 25.7 Å². The van der Waals surface area contributed by atoms with Crippen LogP contribution in [0.4, 0.5) is 0 Å². The Morgan fingerprint density at radius 3 is 0.660 bits per heavy atom. The SMILES string of the molecule is CCCCCCCCCCCCCCCCCCCCCCC(=O)O[C@H](COC(=O)CCCCCCCCCCCCCCCCCCC(C)C)COP(=O)(O)OC[C@@H](O)COP(=O)(O)OC[C@@H](COC(=O)CCCCCCCCCCC)OC(=O)CCCCCCCCCCCCCCCCC. The predicted molar refractivity (Wildman–Crippen MR) is 423 cm³/mol. The largest absolute Gasteiger partial charge is 0.472 e. The minimum atomic E-state index is -4.96. The summed E-state index contributed by atoms with van der Waals surface area (Å²) in [5.41, 5.74) is 0. The van der Waals surface area contributed by atoms with Crippen molar-refractivity contribution in [3.05, 3.63) is 0 Å². The Labute approximate surface area is 632 Å². The topological polar surface area (TPSA) is 237 Å². The first kappa shape index (κ1) is 101. The van der Waals surface area contributed by atoms with E-state index in [1.807, 2.05) is 0 Å². The molecule has 17 nitrogen and oxygen atoms in total. The second-order valence-corrected chi connectivity index (χ2v) is 33.6.